The van der Waals surface area contributed by atoms with Gasteiger partial charge in [0.2, 0.25) is 17.8 Å². The van der Waals surface area contributed by atoms with Gasteiger partial charge in [0.25, 0.3) is 11.1 Å². The average Bonchev–Trinajstić information content (AvgIpc) is 1.62. The maximum Gasteiger partial charge on any atom is 0.475 e. The number of likely N-dealkylation sites (N-methyl/N-ethyl adjacent to an activating group) is 2. The molecule has 6 unspecified atom stereocenters. The molecule has 0 radical (unpaired) electrons. The van der Waals surface area contributed by atoms with Gasteiger partial charge < -0.3 is 98.3 Å². The van der Waals surface area contributed by atoms with Gasteiger partial charge in [-0.25, -0.2) is 58.1 Å². The van der Waals surface area contributed by atoms with Crippen LogP contribution in [-0.2, 0) is 96.8 Å². The Morgan fingerprint density at radius 3 is 1.37 bits per heavy atom. The molecule has 6 fully saturated rings. The van der Waals surface area contributed by atoms with Crippen molar-refractivity contribution in [2.45, 2.75) is 136 Å². The Balaban J connectivity index is 0.000000209. The van der Waals surface area contributed by atoms with Crippen molar-refractivity contribution in [1.82, 2.24) is 94.0 Å². The van der Waals surface area contributed by atoms with Gasteiger partial charge in [-0.1, -0.05) is 43.2 Å². The molecule has 8 aromatic heterocycles. The van der Waals surface area contributed by atoms with Crippen LogP contribution in [0, 0.1) is 0 Å². The minimum Gasteiger partial charge on any atom is -0.480 e. The van der Waals surface area contributed by atoms with Gasteiger partial charge in [0, 0.05) is 36.0 Å². The number of fused-ring (bicyclic) bond motifs is 10. The molecule has 54 nitrogen and oxygen atoms in total. The second kappa shape index (κ2) is 38.9. The summed E-state index contributed by atoms with van der Waals surface area (Å²) < 4.78 is 141. The first-order valence-electron chi connectivity index (χ1n) is 35.9. The van der Waals surface area contributed by atoms with Crippen molar-refractivity contribution < 1.29 is 137 Å². The normalized spacial score (nSPS) is 31.7. The number of rotatable bonds is 28. The van der Waals surface area contributed by atoms with Crippen molar-refractivity contribution in [3.63, 3.8) is 0 Å². The largest absolute Gasteiger partial charge is 0.480 e. The van der Waals surface area contributed by atoms with Crippen LogP contribution < -0.4 is 50.0 Å². The van der Waals surface area contributed by atoms with Crippen LogP contribution in [0.15, 0.2) is 47.6 Å². The van der Waals surface area contributed by atoms with E-state index in [1.165, 1.54) is 76.6 Å². The van der Waals surface area contributed by atoms with Gasteiger partial charge in [0.1, 0.15) is 109 Å². The molecule has 14 rings (SSSR count). The fourth-order valence-electron chi connectivity index (χ4n) is 13.0. The number of phosphoric ester groups is 4. The van der Waals surface area contributed by atoms with Crippen LogP contribution in [0.25, 0.3) is 44.7 Å². The molecule has 0 aliphatic carbocycles. The maximum atomic E-state index is 14.7. The molecule has 120 heavy (non-hydrogen) atoms. The number of aliphatic hydroxyl groups excluding tert-OH is 4. The summed E-state index contributed by atoms with van der Waals surface area (Å²) in [6.07, 6.45) is -16.5. The third-order valence-electron chi connectivity index (χ3n) is 18.8. The molecule has 8 aromatic rings. The number of unbranched alkanes of at least 4 members (excludes halogenated alkanes) is 1. The summed E-state index contributed by atoms with van der Waals surface area (Å²) in [5, 5.41) is 72.5. The van der Waals surface area contributed by atoms with E-state index < -0.39 is 191 Å². The minimum absolute atomic E-state index is 0.0256. The second-order valence-corrected chi connectivity index (χ2v) is 38.0. The number of aliphatic hydroxyl groups is 4. The van der Waals surface area contributed by atoms with Crippen LogP contribution in [0.3, 0.4) is 0 Å². The highest BCUT2D eigenvalue weighted by Gasteiger charge is 2.57. The highest BCUT2D eigenvalue weighted by molar-refractivity contribution is 8.77. The lowest BCUT2D eigenvalue weighted by Crippen LogP contribution is -2.36. The molecule has 0 aromatic carbocycles. The van der Waals surface area contributed by atoms with Gasteiger partial charge in [-0.05, 0) is 33.4 Å². The monoisotopic (exact) mass is 1850 g/mol. The van der Waals surface area contributed by atoms with E-state index >= 15 is 0 Å². The van der Waals surface area contributed by atoms with Crippen molar-refractivity contribution in [2.24, 2.45) is 0 Å². The number of anilines is 4. The van der Waals surface area contributed by atoms with Gasteiger partial charge in [-0.2, -0.15) is 9.97 Å². The Morgan fingerprint density at radius 1 is 0.517 bits per heavy atom. The van der Waals surface area contributed by atoms with E-state index in [-0.39, 0.29) is 111 Å². The molecule has 4 bridgehead atoms. The third-order valence-corrected chi connectivity index (χ3v) is 28.5. The number of nitrogen functional groups attached to an aromatic ring is 4. The molecule has 21 N–H and O–H groups in total. The van der Waals surface area contributed by atoms with E-state index in [0.29, 0.717) is 31.6 Å². The van der Waals surface area contributed by atoms with Crippen LogP contribution in [-0.4, -0.2) is 305 Å². The molecule has 658 valence electrons. The third kappa shape index (κ3) is 20.8. The lowest BCUT2D eigenvalue weighted by Gasteiger charge is -2.27. The lowest BCUT2D eigenvalue weighted by atomic mass is 10.1. The number of carbonyl (C=O) groups excluding carboxylic acids is 1. The van der Waals surface area contributed by atoms with E-state index in [9.17, 15) is 77.6 Å². The first kappa shape index (κ1) is 90.6. The smallest absolute Gasteiger partial charge is 0.475 e. The predicted molar refractivity (Wildman–Crippen MR) is 417 cm³/mol. The van der Waals surface area contributed by atoms with E-state index in [4.69, 9.17) is 92.2 Å². The summed E-state index contributed by atoms with van der Waals surface area (Å²) in [6.45, 7) is -3.38. The second-order valence-electron chi connectivity index (χ2n) is 26.6. The molecular formula is C58H81N23O31P4S4. The Kier molecular flexibility index (Phi) is 29.4. The van der Waals surface area contributed by atoms with Crippen LogP contribution in [0.1, 0.15) is 50.6 Å². The zero-order valence-electron chi connectivity index (χ0n) is 62.4. The zero-order chi connectivity index (χ0) is 85.7. The number of amides is 1. The first-order chi connectivity index (χ1) is 57.3. The van der Waals surface area contributed by atoms with Crippen LogP contribution >= 0.6 is 74.5 Å². The molecule has 0 saturated carbocycles. The molecule has 62 heteroatoms. The van der Waals surface area contributed by atoms with E-state index in [1.807, 2.05) is 0 Å². The summed E-state index contributed by atoms with van der Waals surface area (Å²) in [5.74, 6) is -1.79. The molecule has 0 spiro atoms. The van der Waals surface area contributed by atoms with Gasteiger partial charge in [-0.3, -0.25) is 97.4 Å². The Morgan fingerprint density at radius 2 is 0.925 bits per heavy atom. The van der Waals surface area contributed by atoms with Gasteiger partial charge >= 0.3 is 43.2 Å². The molecule has 6 aliphatic rings. The number of hydrogen-bond acceptors (Lipinski definition) is 47. The summed E-state index contributed by atoms with van der Waals surface area (Å²) in [7, 11) is -11.9. The number of H-pyrrole nitrogens is 2. The lowest BCUT2D eigenvalue weighted by molar-refractivity contribution is -0.140. The number of nitrogens with two attached hydrogens (primary N) is 4. The van der Waals surface area contributed by atoms with E-state index in [1.54, 1.807) is 7.05 Å². The molecule has 14 heterocycles. The molecule has 1 amide bonds. The fraction of sp³-hybridized carbons (Fsp3) is 0.603. The number of carboxylic acid groups (broad SMARTS) is 2. The Hall–Kier alpha value is -7.15. The number of carbonyl (C=O) groups is 3. The number of phosphoric acid groups is 4. The number of imidazole rings is 4. The van der Waals surface area contributed by atoms with E-state index in [0.717, 1.165) is 29.9 Å². The van der Waals surface area contributed by atoms with Crippen LogP contribution in [0.4, 0.5) is 23.5 Å². The number of aromatic nitrogens is 16. The number of nitrogens with zero attached hydrogens (tertiary/aromatic N) is 14. The van der Waals surface area contributed by atoms with Crippen molar-refractivity contribution in [3.05, 3.63) is 58.7 Å². The quantitative estimate of drug-likeness (QED) is 0.0145. The zero-order valence-corrected chi connectivity index (χ0v) is 69.3. The number of nitrogens with one attached hydrogen (secondary N) is 5. The van der Waals surface area contributed by atoms with E-state index in [2.05, 4.69) is 75.8 Å². The summed E-state index contributed by atoms with van der Waals surface area (Å²) in [4.78, 5) is 127. The number of ether oxygens (including phenoxy) is 4. The fourth-order valence-corrected chi connectivity index (χ4v) is 21.8. The van der Waals surface area contributed by atoms with Gasteiger partial charge in [0.05, 0.1) is 65.0 Å². The highest BCUT2D eigenvalue weighted by Crippen LogP contribution is 2.59. The van der Waals surface area contributed by atoms with Crippen molar-refractivity contribution in [2.75, 3.05) is 106 Å². The summed E-state index contributed by atoms with van der Waals surface area (Å²) in [6, 6.07) is -1.48. The van der Waals surface area contributed by atoms with Crippen molar-refractivity contribution >= 4 is 161 Å². The Bertz CT molecular complexity index is 5320. The molecule has 6 saturated heterocycles. The topological polar surface area (TPSA) is 765 Å². The number of hydrogen-bond donors (Lipinski definition) is 17. The number of aliphatic carboxylic acids is 2. The average molecular weight is 1850 g/mol. The summed E-state index contributed by atoms with van der Waals surface area (Å²) >= 11 is 0. The molecule has 22 atom stereocenters. The maximum absolute atomic E-state index is 14.7. The van der Waals surface area contributed by atoms with Gasteiger partial charge in [0.15, 0.2) is 70.2 Å². The van der Waals surface area contributed by atoms with Crippen molar-refractivity contribution in [3.8, 4) is 0 Å². The number of aromatic amines is 2. The van der Waals surface area contributed by atoms with Crippen molar-refractivity contribution in [1.29, 1.82) is 0 Å². The molecule has 6 aliphatic heterocycles. The minimum atomic E-state index is -5.14. The summed E-state index contributed by atoms with van der Waals surface area (Å²) in [5.41, 5.74) is 22.0. The SMILES string of the molecule is CNC(CCCCNC(=O)CCSSCCOP1(=O)OC[C@H]2O[C@@H](n3cnc4c(N)ncnc43)[C@H](O)[C@@H]2OP(=O)(O)OC[C@H]2O[C@@H](n3cnc4c(=O)[nH]c(N)nc43)[C@H](O1)[C@@H]2O)C(=O)O.CNC(CSSCCOP1(=O)OC[C@H]2O[C@@H](n3cnc4c(N)ncnc43)[C@H](O)[C@@H]2OP(=O)(O)OC[C@H]2O[C@@H](n3cnc4c(=O)[nH]c(N)nc43)[C@H](O1)[C@@H]2O)C(=O)O. The van der Waals surface area contributed by atoms with Crippen LogP contribution in [0.5, 0.6) is 0 Å². The standard InChI is InChI=1S/C32H46N12O16P2S2.C26H35N11O15P2S2/c1-35-15(31(49)50)4-2-3-6-36-18(45)5-8-63-64-9-7-54-62(53)56-11-17-23(22(47)29(58-17)43-13-39-19-25(33)37-12-38-26(19)43)59-61(51,52)55-10-16-21(46)24(60-62)30(57-16)44-14-40-20-27(44)41-32(34)42-28(20)48;1-29-10(25(41)42)6-56-55-3-2-46-54(45)48-5-12-17(16(39)23(50-12)36-8-32-13-19(27)30-7-31-20(13)36)51-53(43,44)47-4-11-15(38)18(52-54)24(49-11)37-9-33-14-21(37)34-26(28)35-22(14)40/h12-17,21-24,29-30,35,46-47H,2-11H2,1H3,(H,36,45)(H,49,50)(H,51,52)(H2,33,37,38)(H3,34,41,42,48);7-12,15-18,23-24,29,38-39H,2-6H2,1H3,(H,41,42)(H,43,44)(H2,27,30,31)(H3,28,34,35,40)/t15?,16-,17-,21-,22-,23-,24-,29-,30-,62?;10?,11-,12-,15-,16-,17-,18-,23-,24-,54?/m11/s1. The van der Waals surface area contributed by atoms with Crippen LogP contribution in [0.2, 0.25) is 0 Å². The first-order valence-corrected chi connectivity index (χ1v) is 46.8. The highest BCUT2D eigenvalue weighted by atomic mass is 33.1. The Labute approximate surface area is 689 Å². The predicted octanol–water partition coefficient (Wildman–Crippen LogP) is -1.85. The molecular weight excluding hydrogens is 1770 g/mol. The van der Waals surface area contributed by atoms with Gasteiger partial charge in [-0.15, -0.1) is 0 Å². The number of carboxylic acids is 2.